The third-order valence-electron chi connectivity index (χ3n) is 9.55. The Labute approximate surface area is 282 Å². The van der Waals surface area contributed by atoms with Gasteiger partial charge in [0.1, 0.15) is 0 Å². The molecule has 4 aromatic rings. The maximum Gasteiger partial charge on any atom is 0.206 e. The zero-order valence-corrected chi connectivity index (χ0v) is 26.7. The van der Waals surface area contributed by atoms with Crippen LogP contribution in [0.5, 0.6) is 0 Å². The summed E-state index contributed by atoms with van der Waals surface area (Å²) in [5.74, 6) is 1.63. The Kier molecular flexibility index (Phi) is 7.08. The fraction of sp³-hybridized carbons (Fsp3) is 0.116. The Morgan fingerprint density at radius 3 is 1.21 bits per heavy atom. The second-order valence-electron chi connectivity index (χ2n) is 12.6. The van der Waals surface area contributed by atoms with Crippen molar-refractivity contribution < 1.29 is 4.42 Å². The summed E-state index contributed by atoms with van der Waals surface area (Å²) in [6.45, 7) is 0. The van der Waals surface area contributed by atoms with Crippen LogP contribution in [-0.2, 0) is 0 Å². The fourth-order valence-corrected chi connectivity index (χ4v) is 7.41. The van der Waals surface area contributed by atoms with Crippen molar-refractivity contribution >= 4 is 28.8 Å². The van der Waals surface area contributed by atoms with E-state index in [4.69, 9.17) is 4.42 Å². The van der Waals surface area contributed by atoms with Crippen LogP contribution < -0.4 is 19.6 Å². The van der Waals surface area contributed by atoms with E-state index >= 15 is 0 Å². The first-order valence-electron chi connectivity index (χ1n) is 16.8. The summed E-state index contributed by atoms with van der Waals surface area (Å²) in [5.41, 5.74) is 12.0. The molecule has 5 nitrogen and oxygen atoms in total. The van der Waals surface area contributed by atoms with Crippen LogP contribution in [0.4, 0.5) is 28.8 Å². The van der Waals surface area contributed by atoms with Gasteiger partial charge in [0.15, 0.2) is 0 Å². The van der Waals surface area contributed by atoms with Crippen molar-refractivity contribution in [3.05, 3.63) is 198 Å². The number of benzene rings is 3. The molecule has 1 aliphatic heterocycles. The van der Waals surface area contributed by atoms with Gasteiger partial charge in [-0.25, -0.2) is 0 Å². The number of para-hydroxylation sites is 3. The molecule has 2 heterocycles. The van der Waals surface area contributed by atoms with Gasteiger partial charge in [0.25, 0.3) is 0 Å². The Morgan fingerprint density at radius 2 is 0.771 bits per heavy atom. The Hall–Kier alpha value is -5.94. The smallest absolute Gasteiger partial charge is 0.206 e. The van der Waals surface area contributed by atoms with Crippen LogP contribution in [0.25, 0.3) is 0 Å². The van der Waals surface area contributed by atoms with Crippen LogP contribution in [0.1, 0.15) is 32.1 Å². The van der Waals surface area contributed by atoms with Crippen molar-refractivity contribution in [3.63, 3.8) is 0 Å². The normalized spacial score (nSPS) is 18.6. The number of hydrogen-bond donors (Lipinski definition) is 0. The largest absolute Gasteiger partial charge is 0.424 e. The van der Waals surface area contributed by atoms with Crippen LogP contribution >= 0.6 is 0 Å². The highest BCUT2D eigenvalue weighted by Crippen LogP contribution is 2.45. The molecule has 9 rings (SSSR count). The minimum atomic E-state index is 0.755. The molecule has 0 saturated carbocycles. The maximum atomic E-state index is 6.91. The molecule has 0 fully saturated rings. The molecular weight excluding hydrogens is 589 g/mol. The monoisotopic (exact) mass is 624 g/mol. The molecule has 0 radical (unpaired) electrons. The average molecular weight is 625 g/mol. The number of furan rings is 1. The SMILES string of the molecule is C1=CCCC(N2C3=CC=C(C3)N(c3ccccc3)C3=CC=C(C3)N(c3ccccc3)C3=CC=C(C3)N(c3ccccc3)c3ccc2o3)=C1. The number of rotatable bonds is 4. The third kappa shape index (κ3) is 5.05. The van der Waals surface area contributed by atoms with Crippen molar-refractivity contribution in [2.45, 2.75) is 32.1 Å². The molecule has 0 saturated heterocycles. The number of anilines is 5. The predicted molar refractivity (Wildman–Crippen MR) is 196 cm³/mol. The highest BCUT2D eigenvalue weighted by Gasteiger charge is 2.32. The van der Waals surface area contributed by atoms with Crippen LogP contribution in [0.15, 0.2) is 202 Å². The predicted octanol–water partition coefficient (Wildman–Crippen LogP) is 11.0. The zero-order chi connectivity index (χ0) is 31.9. The topological polar surface area (TPSA) is 26.1 Å². The fourth-order valence-electron chi connectivity index (χ4n) is 7.41. The van der Waals surface area contributed by atoms with Crippen molar-refractivity contribution in [3.8, 4) is 0 Å². The molecule has 48 heavy (non-hydrogen) atoms. The molecule has 5 aliphatic rings. The van der Waals surface area contributed by atoms with Gasteiger partial charge in [-0.05, 0) is 91.8 Å². The molecule has 1 aromatic heterocycles. The summed E-state index contributed by atoms with van der Waals surface area (Å²) in [5, 5.41) is 0. The van der Waals surface area contributed by atoms with E-state index in [0.717, 1.165) is 55.2 Å². The highest BCUT2D eigenvalue weighted by atomic mass is 16.4. The van der Waals surface area contributed by atoms with E-state index in [1.807, 2.05) is 0 Å². The third-order valence-corrected chi connectivity index (χ3v) is 9.55. The minimum Gasteiger partial charge on any atom is -0.424 e. The molecule has 4 aliphatic carbocycles. The molecule has 0 atom stereocenters. The van der Waals surface area contributed by atoms with Crippen LogP contribution in [-0.4, -0.2) is 0 Å². The number of nitrogens with zero attached hydrogens (tertiary/aromatic N) is 4. The van der Waals surface area contributed by atoms with Crippen LogP contribution in [0.2, 0.25) is 0 Å². The van der Waals surface area contributed by atoms with E-state index in [1.165, 1.54) is 45.6 Å². The lowest BCUT2D eigenvalue weighted by Gasteiger charge is -2.33. The summed E-state index contributed by atoms with van der Waals surface area (Å²) >= 11 is 0. The lowest BCUT2D eigenvalue weighted by Crippen LogP contribution is -2.27. The summed E-state index contributed by atoms with van der Waals surface area (Å²) in [6.07, 6.45) is 24.6. The Balaban J connectivity index is 1.19. The summed E-state index contributed by atoms with van der Waals surface area (Å²) in [4.78, 5) is 9.50. The van der Waals surface area contributed by atoms with E-state index in [9.17, 15) is 0 Å². The van der Waals surface area contributed by atoms with E-state index in [0.29, 0.717) is 0 Å². The molecule has 0 amide bonds. The van der Waals surface area contributed by atoms with Gasteiger partial charge in [0.05, 0.1) is 0 Å². The van der Waals surface area contributed by atoms with E-state index in [-0.39, 0.29) is 0 Å². The van der Waals surface area contributed by atoms with Crippen LogP contribution in [0.3, 0.4) is 0 Å². The van der Waals surface area contributed by atoms with Gasteiger partial charge in [-0.1, -0.05) is 66.7 Å². The van der Waals surface area contributed by atoms with Gasteiger partial charge in [0, 0.05) is 88.3 Å². The maximum absolute atomic E-state index is 6.91. The second kappa shape index (κ2) is 12.0. The average Bonchev–Trinajstić information content (AvgIpc) is 3.98. The lowest BCUT2D eigenvalue weighted by molar-refractivity contribution is 0.564. The molecule has 0 unspecified atom stereocenters. The van der Waals surface area contributed by atoms with Gasteiger partial charge in [-0.2, -0.15) is 0 Å². The van der Waals surface area contributed by atoms with Gasteiger partial charge in [-0.3, -0.25) is 9.80 Å². The molecule has 8 bridgehead atoms. The van der Waals surface area contributed by atoms with Gasteiger partial charge < -0.3 is 14.2 Å². The first kappa shape index (κ1) is 28.3. The quantitative estimate of drug-likeness (QED) is 0.225. The van der Waals surface area contributed by atoms with Crippen molar-refractivity contribution in [2.24, 2.45) is 0 Å². The number of allylic oxidation sites excluding steroid dienone is 10. The van der Waals surface area contributed by atoms with Gasteiger partial charge >= 0.3 is 0 Å². The Bertz CT molecular complexity index is 2110. The molecule has 5 heteroatoms. The first-order chi connectivity index (χ1) is 23.8. The minimum absolute atomic E-state index is 0.755. The molecule has 0 spiro atoms. The van der Waals surface area contributed by atoms with Crippen molar-refractivity contribution in [2.75, 3.05) is 19.6 Å². The Morgan fingerprint density at radius 1 is 0.375 bits per heavy atom. The number of fused-ring (bicyclic) bond motifs is 8. The first-order valence-corrected chi connectivity index (χ1v) is 16.8. The lowest BCUT2D eigenvalue weighted by atomic mass is 10.1. The molecule has 3 aromatic carbocycles. The van der Waals surface area contributed by atoms with E-state index in [2.05, 4.69) is 177 Å². The molecule has 0 N–H and O–H groups in total. The summed E-state index contributed by atoms with van der Waals surface area (Å²) < 4.78 is 6.91. The van der Waals surface area contributed by atoms with Crippen molar-refractivity contribution in [1.82, 2.24) is 0 Å². The van der Waals surface area contributed by atoms with Crippen molar-refractivity contribution in [1.29, 1.82) is 0 Å². The molecule has 234 valence electrons. The van der Waals surface area contributed by atoms with Gasteiger partial charge in [-0.15, -0.1) is 0 Å². The highest BCUT2D eigenvalue weighted by molar-refractivity contribution is 5.73. The van der Waals surface area contributed by atoms with E-state index < -0.39 is 0 Å². The summed E-state index contributed by atoms with van der Waals surface area (Å²) in [6, 6.07) is 36.3. The molecular formula is C43H36N4O. The number of hydrogen-bond acceptors (Lipinski definition) is 5. The zero-order valence-electron chi connectivity index (χ0n) is 26.7. The second-order valence-corrected chi connectivity index (χ2v) is 12.6. The standard InChI is InChI=1S/C43H36N4O/c1-5-13-32(14-6-1)44-36-21-22-37(29-36)45(33-15-7-2-8-16-33)39-24-26-41(31-39)47(35-19-11-4-12-20-35)43-28-27-42(48-43)46(34-17-9-3-10-18-34)40-25-23-38(44)30-40/h1-11,13-19,21-28H,12,20,29-31H2. The van der Waals surface area contributed by atoms with E-state index in [1.54, 1.807) is 0 Å². The van der Waals surface area contributed by atoms with Crippen LogP contribution in [0, 0.1) is 0 Å². The summed E-state index contributed by atoms with van der Waals surface area (Å²) in [7, 11) is 0. The van der Waals surface area contributed by atoms with Gasteiger partial charge in [0.2, 0.25) is 11.8 Å².